The zero-order valence-electron chi connectivity index (χ0n) is 10.4. The van der Waals surface area contributed by atoms with Crippen molar-refractivity contribution >= 4 is 23.4 Å². The number of nitrogens with two attached hydrogens (primary N) is 1. The Bertz CT molecular complexity index is 432. The van der Waals surface area contributed by atoms with E-state index in [0.717, 1.165) is 30.0 Å². The van der Waals surface area contributed by atoms with Crippen molar-refractivity contribution in [1.82, 2.24) is 10.3 Å². The molecule has 2 rings (SSSR count). The van der Waals surface area contributed by atoms with Gasteiger partial charge in [0.15, 0.2) is 0 Å². The third-order valence-corrected chi connectivity index (χ3v) is 4.05. The van der Waals surface area contributed by atoms with Crippen LogP contribution in [0.15, 0.2) is 12.3 Å². The van der Waals surface area contributed by atoms with Gasteiger partial charge in [-0.1, -0.05) is 0 Å². The maximum absolute atomic E-state index is 12.2. The third kappa shape index (κ3) is 3.14. The molecule has 1 saturated heterocycles. The highest BCUT2D eigenvalue weighted by molar-refractivity contribution is 7.99. The van der Waals surface area contributed by atoms with Crippen LogP contribution in [0.3, 0.4) is 0 Å². The van der Waals surface area contributed by atoms with Gasteiger partial charge in [0.25, 0.3) is 5.91 Å². The van der Waals surface area contributed by atoms with E-state index in [1.807, 2.05) is 18.7 Å². The second-order valence-corrected chi connectivity index (χ2v) is 5.60. The van der Waals surface area contributed by atoms with Crippen LogP contribution in [-0.4, -0.2) is 28.4 Å². The SMILES string of the molecule is Cc1cc(NN)c(C(=O)NC2CCSCC2)cn1. The van der Waals surface area contributed by atoms with Crippen LogP contribution >= 0.6 is 11.8 Å². The van der Waals surface area contributed by atoms with Crippen molar-refractivity contribution in [2.75, 3.05) is 16.9 Å². The Hall–Kier alpha value is -1.27. The Morgan fingerprint density at radius 3 is 2.89 bits per heavy atom. The minimum Gasteiger partial charge on any atom is -0.349 e. The standard InChI is InChI=1S/C12H18N4OS/c1-8-6-11(16-13)10(7-14-8)12(17)15-9-2-4-18-5-3-9/h6-7,9H,2-5,13H2,1H3,(H,14,16)(H,15,17). The molecule has 0 atom stereocenters. The van der Waals surface area contributed by atoms with Gasteiger partial charge in [-0.05, 0) is 37.3 Å². The van der Waals surface area contributed by atoms with E-state index in [-0.39, 0.29) is 11.9 Å². The van der Waals surface area contributed by atoms with Gasteiger partial charge in [-0.3, -0.25) is 15.6 Å². The molecule has 0 unspecified atom stereocenters. The number of carbonyl (C=O) groups excluding carboxylic acids is 1. The Kier molecular flexibility index (Phi) is 4.43. The van der Waals surface area contributed by atoms with Crippen LogP contribution in [0.25, 0.3) is 0 Å². The maximum atomic E-state index is 12.2. The van der Waals surface area contributed by atoms with Gasteiger partial charge < -0.3 is 10.7 Å². The van der Waals surface area contributed by atoms with Crippen LogP contribution < -0.4 is 16.6 Å². The summed E-state index contributed by atoms with van der Waals surface area (Å²) in [7, 11) is 0. The fourth-order valence-electron chi connectivity index (χ4n) is 1.97. The highest BCUT2D eigenvalue weighted by atomic mass is 32.2. The summed E-state index contributed by atoms with van der Waals surface area (Å²) in [6.45, 7) is 1.86. The number of thioether (sulfide) groups is 1. The molecule has 18 heavy (non-hydrogen) atoms. The monoisotopic (exact) mass is 266 g/mol. The van der Waals surface area contributed by atoms with Crippen LogP contribution in [0.5, 0.6) is 0 Å². The second-order valence-electron chi connectivity index (χ2n) is 4.38. The van der Waals surface area contributed by atoms with E-state index in [4.69, 9.17) is 5.84 Å². The molecule has 0 bridgehead atoms. The van der Waals surface area contributed by atoms with E-state index in [1.165, 1.54) is 0 Å². The second kappa shape index (κ2) is 6.06. The van der Waals surface area contributed by atoms with Gasteiger partial charge >= 0.3 is 0 Å². The molecule has 2 heterocycles. The van der Waals surface area contributed by atoms with E-state index in [1.54, 1.807) is 12.3 Å². The van der Waals surface area contributed by atoms with E-state index in [2.05, 4.69) is 15.7 Å². The van der Waals surface area contributed by atoms with Gasteiger partial charge in [0.05, 0.1) is 11.3 Å². The predicted octanol–water partition coefficient (Wildman–Crippen LogP) is 1.30. The summed E-state index contributed by atoms with van der Waals surface area (Å²) in [6, 6.07) is 2.04. The first kappa shape index (κ1) is 13.2. The van der Waals surface area contributed by atoms with Crippen molar-refractivity contribution in [2.24, 2.45) is 5.84 Å². The van der Waals surface area contributed by atoms with Gasteiger partial charge in [-0.25, -0.2) is 0 Å². The van der Waals surface area contributed by atoms with Crippen molar-refractivity contribution in [3.63, 3.8) is 0 Å². The number of hydrogen-bond donors (Lipinski definition) is 3. The number of aryl methyl sites for hydroxylation is 1. The summed E-state index contributed by atoms with van der Waals surface area (Å²) < 4.78 is 0. The average Bonchev–Trinajstić information content (AvgIpc) is 2.39. The molecule has 98 valence electrons. The summed E-state index contributed by atoms with van der Waals surface area (Å²) in [5, 5.41) is 3.04. The minimum absolute atomic E-state index is 0.104. The van der Waals surface area contributed by atoms with Crippen LogP contribution in [0.2, 0.25) is 0 Å². The molecule has 0 saturated carbocycles. The van der Waals surface area contributed by atoms with Crippen molar-refractivity contribution < 1.29 is 4.79 Å². The first-order chi connectivity index (χ1) is 8.70. The van der Waals surface area contributed by atoms with Gasteiger partial charge in [0, 0.05) is 17.9 Å². The van der Waals surface area contributed by atoms with Gasteiger partial charge in [0.1, 0.15) is 0 Å². The molecule has 0 aromatic carbocycles. The average molecular weight is 266 g/mol. The minimum atomic E-state index is -0.104. The summed E-state index contributed by atoms with van der Waals surface area (Å²) in [4.78, 5) is 16.3. The number of rotatable bonds is 3. The largest absolute Gasteiger partial charge is 0.349 e. The molecule has 0 spiro atoms. The van der Waals surface area contributed by atoms with Gasteiger partial charge in [0.2, 0.25) is 0 Å². The number of carbonyl (C=O) groups is 1. The summed E-state index contributed by atoms with van der Waals surface area (Å²) in [5.41, 5.74) is 4.49. The number of nitrogens with one attached hydrogen (secondary N) is 2. The number of aromatic nitrogens is 1. The lowest BCUT2D eigenvalue weighted by molar-refractivity contribution is 0.0935. The lowest BCUT2D eigenvalue weighted by atomic mass is 10.1. The number of amides is 1. The van der Waals surface area contributed by atoms with E-state index in [9.17, 15) is 4.79 Å². The van der Waals surface area contributed by atoms with Crippen molar-refractivity contribution in [3.8, 4) is 0 Å². The quantitative estimate of drug-likeness (QED) is 0.567. The van der Waals surface area contributed by atoms with Crippen molar-refractivity contribution in [3.05, 3.63) is 23.5 Å². The smallest absolute Gasteiger partial charge is 0.255 e. The molecule has 4 N–H and O–H groups in total. The van der Waals surface area contributed by atoms with E-state index >= 15 is 0 Å². The van der Waals surface area contributed by atoms with Crippen molar-refractivity contribution in [2.45, 2.75) is 25.8 Å². The molecule has 1 aromatic rings. The molecule has 1 aliphatic heterocycles. The van der Waals surface area contributed by atoms with E-state index < -0.39 is 0 Å². The molecule has 1 amide bonds. The number of hydrazine groups is 1. The number of pyridine rings is 1. The topological polar surface area (TPSA) is 80.0 Å². The zero-order valence-corrected chi connectivity index (χ0v) is 11.2. The van der Waals surface area contributed by atoms with Crippen LogP contribution in [-0.2, 0) is 0 Å². The summed E-state index contributed by atoms with van der Waals surface area (Å²) >= 11 is 1.94. The lowest BCUT2D eigenvalue weighted by Gasteiger charge is -2.23. The van der Waals surface area contributed by atoms with E-state index in [0.29, 0.717) is 11.3 Å². The third-order valence-electron chi connectivity index (χ3n) is 3.00. The molecular weight excluding hydrogens is 248 g/mol. The molecule has 0 radical (unpaired) electrons. The fourth-order valence-corrected chi connectivity index (χ4v) is 3.07. The molecule has 1 fully saturated rings. The summed E-state index contributed by atoms with van der Waals surface area (Å²) in [6.07, 6.45) is 3.62. The highest BCUT2D eigenvalue weighted by Gasteiger charge is 2.18. The van der Waals surface area contributed by atoms with Crippen molar-refractivity contribution in [1.29, 1.82) is 0 Å². The van der Waals surface area contributed by atoms with Crippen LogP contribution in [0, 0.1) is 6.92 Å². The number of hydrogen-bond acceptors (Lipinski definition) is 5. The molecule has 6 heteroatoms. The highest BCUT2D eigenvalue weighted by Crippen LogP contribution is 2.19. The molecular formula is C12H18N4OS. The zero-order chi connectivity index (χ0) is 13.0. The van der Waals surface area contributed by atoms with Crippen LogP contribution in [0.4, 0.5) is 5.69 Å². The molecule has 0 aliphatic carbocycles. The Labute approximate surface area is 111 Å². The molecule has 1 aliphatic rings. The van der Waals surface area contributed by atoms with Gasteiger partial charge in [-0.15, -0.1) is 0 Å². The number of nitrogens with zero attached hydrogens (tertiary/aromatic N) is 1. The Balaban J connectivity index is 2.08. The number of anilines is 1. The first-order valence-corrected chi connectivity index (χ1v) is 7.18. The van der Waals surface area contributed by atoms with Crippen LogP contribution in [0.1, 0.15) is 28.9 Å². The fraction of sp³-hybridized carbons (Fsp3) is 0.500. The lowest BCUT2D eigenvalue weighted by Crippen LogP contribution is -2.37. The predicted molar refractivity (Wildman–Crippen MR) is 74.6 cm³/mol. The Morgan fingerprint density at radius 2 is 2.22 bits per heavy atom. The van der Waals surface area contributed by atoms with Gasteiger partial charge in [-0.2, -0.15) is 11.8 Å². The maximum Gasteiger partial charge on any atom is 0.255 e. The first-order valence-electron chi connectivity index (χ1n) is 6.02. The Morgan fingerprint density at radius 1 is 1.50 bits per heavy atom. The number of nitrogen functional groups attached to an aromatic ring is 1. The summed E-state index contributed by atoms with van der Waals surface area (Å²) in [5.74, 6) is 7.55. The molecule has 1 aromatic heterocycles. The molecule has 5 nitrogen and oxygen atoms in total. The normalized spacial score (nSPS) is 16.3.